The summed E-state index contributed by atoms with van der Waals surface area (Å²) in [6.45, 7) is 1.62. The maximum absolute atomic E-state index is 11.8. The second-order valence-electron chi connectivity index (χ2n) is 3.68. The lowest BCUT2D eigenvalue weighted by Gasteiger charge is -2.21. The Bertz CT molecular complexity index is 367. The third kappa shape index (κ3) is 7.47. The molecule has 1 atom stereocenters. The first-order valence-corrected chi connectivity index (χ1v) is 6.47. The van der Waals surface area contributed by atoms with Gasteiger partial charge in [0, 0.05) is 0 Å². The molecule has 0 rings (SSSR count). The van der Waals surface area contributed by atoms with Gasteiger partial charge >= 0.3 is 6.18 Å². The van der Waals surface area contributed by atoms with Gasteiger partial charge in [-0.2, -0.15) is 31.0 Å². The topological polar surface area (TPSA) is 84.2 Å². The van der Waals surface area contributed by atoms with Crippen molar-refractivity contribution in [3.63, 3.8) is 0 Å². The molecule has 0 aromatic carbocycles. The summed E-state index contributed by atoms with van der Waals surface area (Å²) in [6.07, 6.45) is -4.62. The average molecular weight is 293 g/mol. The predicted molar refractivity (Wildman–Crippen MR) is 61.5 cm³/mol. The summed E-state index contributed by atoms with van der Waals surface area (Å²) < 4.78 is 61.3. The Labute approximate surface area is 103 Å². The lowest BCUT2D eigenvalue weighted by molar-refractivity contribution is -0.121. The molecule has 5 nitrogen and oxygen atoms in total. The Morgan fingerprint density at radius 2 is 1.88 bits per heavy atom. The molecule has 0 spiro atoms. The van der Waals surface area contributed by atoms with Gasteiger partial charge in [0.25, 0.3) is 10.2 Å². The Kier molecular flexibility index (Phi) is 5.78. The molecule has 0 aromatic rings. The van der Waals surface area contributed by atoms with Gasteiger partial charge in [-0.25, -0.2) is 0 Å². The molecule has 0 heterocycles. The molecule has 0 bridgehead atoms. The molecule has 0 saturated heterocycles. The molecule has 4 N–H and O–H groups in total. The Hall–Kier alpha value is -0.450. The Morgan fingerprint density at radius 1 is 1.41 bits per heavy atom. The zero-order chi connectivity index (χ0) is 13.9. The van der Waals surface area contributed by atoms with E-state index in [1.807, 2.05) is 4.72 Å². The third-order valence-corrected chi connectivity index (χ3v) is 3.06. The molecule has 0 saturated carbocycles. The number of rotatable bonds is 6. The van der Waals surface area contributed by atoms with Gasteiger partial charge in [0.1, 0.15) is 6.54 Å². The largest absolute Gasteiger partial charge is 0.402 e. The van der Waals surface area contributed by atoms with Crippen LogP contribution in [0.15, 0.2) is 0 Å². The van der Waals surface area contributed by atoms with Crippen molar-refractivity contribution in [1.82, 2.24) is 9.44 Å². The van der Waals surface area contributed by atoms with Crippen molar-refractivity contribution in [2.45, 2.75) is 26.1 Å². The van der Waals surface area contributed by atoms with E-state index < -0.39 is 29.0 Å². The maximum atomic E-state index is 11.8. The fourth-order valence-electron chi connectivity index (χ4n) is 0.908. The first-order chi connectivity index (χ1) is 7.44. The summed E-state index contributed by atoms with van der Waals surface area (Å²) in [7, 11) is -4.29. The Balaban J connectivity index is 4.58. The van der Waals surface area contributed by atoms with Crippen LogP contribution in [0.4, 0.5) is 13.2 Å². The van der Waals surface area contributed by atoms with Gasteiger partial charge in [-0.15, -0.1) is 0 Å². The SMILES string of the molecule is CC(C)C(NS(=O)(=O)NCC(F)(F)F)C(N)=S. The molecule has 10 heteroatoms. The van der Waals surface area contributed by atoms with Crippen molar-refractivity contribution in [2.24, 2.45) is 11.7 Å². The quantitative estimate of drug-likeness (QED) is 0.614. The first kappa shape index (κ1) is 16.6. The lowest BCUT2D eigenvalue weighted by atomic mass is 10.1. The summed E-state index contributed by atoms with van der Waals surface area (Å²) in [5.41, 5.74) is 5.28. The number of nitrogens with two attached hydrogens (primary N) is 1. The van der Waals surface area contributed by atoms with Crippen molar-refractivity contribution in [2.75, 3.05) is 6.54 Å². The number of alkyl halides is 3. The van der Waals surface area contributed by atoms with E-state index in [9.17, 15) is 21.6 Å². The van der Waals surface area contributed by atoms with Crippen molar-refractivity contribution in [1.29, 1.82) is 0 Å². The van der Waals surface area contributed by atoms with E-state index in [4.69, 9.17) is 5.73 Å². The van der Waals surface area contributed by atoms with E-state index in [1.165, 1.54) is 4.72 Å². The maximum Gasteiger partial charge on any atom is 0.402 e. The summed E-state index contributed by atoms with van der Waals surface area (Å²) >= 11 is 4.62. The van der Waals surface area contributed by atoms with Crippen LogP contribution in [0.3, 0.4) is 0 Å². The number of thiocarbonyl (C=S) groups is 1. The molecule has 17 heavy (non-hydrogen) atoms. The monoisotopic (exact) mass is 293 g/mol. The van der Waals surface area contributed by atoms with Crippen LogP contribution in [0.5, 0.6) is 0 Å². The van der Waals surface area contributed by atoms with E-state index in [2.05, 4.69) is 12.2 Å². The average Bonchev–Trinajstić information content (AvgIpc) is 2.09. The molecule has 0 aliphatic carbocycles. The van der Waals surface area contributed by atoms with Crippen LogP contribution in [0, 0.1) is 5.92 Å². The molecule has 0 aliphatic heterocycles. The molecular weight excluding hydrogens is 279 g/mol. The fraction of sp³-hybridized carbons (Fsp3) is 0.857. The van der Waals surface area contributed by atoms with Crippen molar-refractivity contribution in [3.05, 3.63) is 0 Å². The summed E-state index contributed by atoms with van der Waals surface area (Å²) in [4.78, 5) is -0.127. The molecule has 102 valence electrons. The van der Waals surface area contributed by atoms with Gasteiger partial charge in [-0.1, -0.05) is 26.1 Å². The highest BCUT2D eigenvalue weighted by molar-refractivity contribution is 7.87. The fourth-order valence-corrected chi connectivity index (χ4v) is 2.48. The van der Waals surface area contributed by atoms with E-state index in [0.717, 1.165) is 0 Å². The zero-order valence-corrected chi connectivity index (χ0v) is 10.8. The van der Waals surface area contributed by atoms with E-state index >= 15 is 0 Å². The highest BCUT2D eigenvalue weighted by Gasteiger charge is 2.31. The number of halogens is 3. The normalized spacial score (nSPS) is 14.9. The summed E-state index contributed by atoms with van der Waals surface area (Å²) in [5, 5.41) is 0. The van der Waals surface area contributed by atoms with Crippen molar-refractivity contribution in [3.8, 4) is 0 Å². The zero-order valence-electron chi connectivity index (χ0n) is 9.21. The molecule has 1 unspecified atom stereocenters. The van der Waals surface area contributed by atoms with E-state index in [1.54, 1.807) is 13.8 Å². The minimum Gasteiger partial charge on any atom is -0.392 e. The molecule has 0 radical (unpaired) electrons. The minimum atomic E-state index is -4.62. The van der Waals surface area contributed by atoms with Crippen molar-refractivity contribution < 1.29 is 21.6 Å². The number of hydrogen-bond donors (Lipinski definition) is 3. The smallest absolute Gasteiger partial charge is 0.392 e. The number of hydrogen-bond acceptors (Lipinski definition) is 3. The molecule has 0 aliphatic rings. The standard InChI is InChI=1S/C7H14F3N3O2S2/c1-4(2)5(6(11)16)13-17(14,15)12-3-7(8,9)10/h4-5,12-13H,3H2,1-2H3,(H2,11,16). The van der Waals surface area contributed by atoms with Gasteiger partial charge < -0.3 is 5.73 Å². The van der Waals surface area contributed by atoms with Gasteiger partial charge in [0.15, 0.2) is 0 Å². The predicted octanol–water partition coefficient (Wildman–Crippen LogP) is 0.283. The van der Waals surface area contributed by atoms with E-state index in [-0.39, 0.29) is 10.9 Å². The highest BCUT2D eigenvalue weighted by atomic mass is 32.2. The molecule has 0 aromatic heterocycles. The van der Waals surface area contributed by atoms with Gasteiger partial charge in [-0.05, 0) is 5.92 Å². The second-order valence-corrected chi connectivity index (χ2v) is 5.68. The third-order valence-electron chi connectivity index (χ3n) is 1.72. The van der Waals surface area contributed by atoms with Crippen LogP contribution in [-0.4, -0.2) is 32.2 Å². The Morgan fingerprint density at radius 3 is 2.18 bits per heavy atom. The van der Waals surface area contributed by atoms with Crippen LogP contribution in [0.1, 0.15) is 13.8 Å². The molecular formula is C7H14F3N3O2S2. The summed E-state index contributed by atoms with van der Waals surface area (Å²) in [6, 6.07) is -0.893. The van der Waals surface area contributed by atoms with Crippen LogP contribution in [0.25, 0.3) is 0 Å². The number of nitrogens with one attached hydrogen (secondary N) is 2. The van der Waals surface area contributed by atoms with Crippen LogP contribution in [-0.2, 0) is 10.2 Å². The van der Waals surface area contributed by atoms with Gasteiger partial charge in [0.2, 0.25) is 0 Å². The molecule has 0 amide bonds. The molecule has 0 fully saturated rings. The van der Waals surface area contributed by atoms with Gasteiger partial charge in [0.05, 0.1) is 11.0 Å². The first-order valence-electron chi connectivity index (χ1n) is 4.57. The van der Waals surface area contributed by atoms with Crippen LogP contribution < -0.4 is 15.2 Å². The second kappa shape index (κ2) is 5.94. The highest BCUT2D eigenvalue weighted by Crippen LogP contribution is 2.12. The lowest BCUT2D eigenvalue weighted by Crippen LogP contribution is -2.51. The summed E-state index contributed by atoms with van der Waals surface area (Å²) in [5.74, 6) is -0.269. The minimum absolute atomic E-state index is 0.127. The van der Waals surface area contributed by atoms with Crippen LogP contribution in [0.2, 0.25) is 0 Å². The van der Waals surface area contributed by atoms with E-state index in [0.29, 0.717) is 0 Å². The van der Waals surface area contributed by atoms with Crippen molar-refractivity contribution >= 4 is 27.4 Å². The van der Waals surface area contributed by atoms with Crippen LogP contribution >= 0.6 is 12.2 Å². The van der Waals surface area contributed by atoms with Gasteiger partial charge in [-0.3, -0.25) is 0 Å².